The van der Waals surface area contributed by atoms with Crippen molar-refractivity contribution in [2.45, 2.75) is 0 Å². The Morgan fingerprint density at radius 3 is 2.67 bits per heavy atom. The molecule has 1 N–H and O–H groups in total. The van der Waals surface area contributed by atoms with Gasteiger partial charge in [-0.3, -0.25) is 10.1 Å². The molecule has 0 saturated heterocycles. The van der Waals surface area contributed by atoms with Gasteiger partial charge in [0.1, 0.15) is 17.0 Å². The first-order valence-corrected chi connectivity index (χ1v) is 8.38. The molecular formula is C16H12Cl2N2O3S. The Balaban J connectivity index is 1.91. The summed E-state index contributed by atoms with van der Waals surface area (Å²) in [7, 11) is 3.04. The first kappa shape index (κ1) is 16.8. The van der Waals surface area contributed by atoms with Gasteiger partial charge in [-0.15, -0.1) is 0 Å². The molecule has 24 heavy (non-hydrogen) atoms. The molecule has 2 aromatic carbocycles. The topological polar surface area (TPSA) is 60.5 Å². The number of halogens is 2. The van der Waals surface area contributed by atoms with E-state index >= 15 is 0 Å². The monoisotopic (exact) mass is 382 g/mol. The van der Waals surface area contributed by atoms with Crippen molar-refractivity contribution in [1.29, 1.82) is 0 Å². The summed E-state index contributed by atoms with van der Waals surface area (Å²) in [6.45, 7) is 0. The summed E-state index contributed by atoms with van der Waals surface area (Å²) >= 11 is 13.4. The predicted molar refractivity (Wildman–Crippen MR) is 97.1 cm³/mol. The first-order valence-electron chi connectivity index (χ1n) is 6.81. The van der Waals surface area contributed by atoms with E-state index in [0.717, 1.165) is 4.70 Å². The number of hydrogen-bond acceptors (Lipinski definition) is 5. The third-order valence-electron chi connectivity index (χ3n) is 3.33. The van der Waals surface area contributed by atoms with Gasteiger partial charge in [0.25, 0.3) is 5.91 Å². The van der Waals surface area contributed by atoms with Gasteiger partial charge in [0.05, 0.1) is 34.5 Å². The number of ether oxygens (including phenoxy) is 2. The fourth-order valence-electron chi connectivity index (χ4n) is 2.14. The van der Waals surface area contributed by atoms with Crippen LogP contribution in [-0.2, 0) is 0 Å². The summed E-state index contributed by atoms with van der Waals surface area (Å²) in [5, 5.41) is 3.97. The number of carbonyl (C=O) groups is 1. The van der Waals surface area contributed by atoms with E-state index in [-0.39, 0.29) is 5.91 Å². The molecule has 1 amide bonds. The van der Waals surface area contributed by atoms with Crippen molar-refractivity contribution in [3.8, 4) is 11.5 Å². The maximum Gasteiger partial charge on any atom is 0.261 e. The number of benzene rings is 2. The molecule has 0 aliphatic heterocycles. The molecule has 8 heteroatoms. The summed E-state index contributed by atoms with van der Waals surface area (Å²) in [6.07, 6.45) is 0. The Kier molecular flexibility index (Phi) is 4.80. The van der Waals surface area contributed by atoms with Crippen LogP contribution in [-0.4, -0.2) is 25.1 Å². The number of aromatic nitrogens is 1. The maximum atomic E-state index is 12.5. The van der Waals surface area contributed by atoms with Crippen LogP contribution >= 0.6 is 34.5 Å². The first-order chi connectivity index (χ1) is 11.5. The van der Waals surface area contributed by atoms with Gasteiger partial charge >= 0.3 is 0 Å². The molecule has 0 atom stereocenters. The molecule has 1 aromatic heterocycles. The molecule has 0 unspecified atom stereocenters. The number of methoxy groups -OCH3 is 2. The zero-order valence-electron chi connectivity index (χ0n) is 12.7. The van der Waals surface area contributed by atoms with Crippen LogP contribution in [0.1, 0.15) is 10.4 Å². The lowest BCUT2D eigenvalue weighted by atomic mass is 10.2. The SMILES string of the molecule is COc1ccc(C(=O)Nc2nc3c(Cl)c(Cl)ccc3s2)c(OC)c1. The second-order valence-electron chi connectivity index (χ2n) is 4.75. The minimum absolute atomic E-state index is 0.337. The number of anilines is 1. The van der Waals surface area contributed by atoms with Crippen molar-refractivity contribution < 1.29 is 14.3 Å². The molecule has 0 radical (unpaired) electrons. The molecule has 0 spiro atoms. The van der Waals surface area contributed by atoms with E-state index in [1.165, 1.54) is 18.4 Å². The largest absolute Gasteiger partial charge is 0.497 e. The van der Waals surface area contributed by atoms with E-state index in [1.54, 1.807) is 31.4 Å². The predicted octanol–water partition coefficient (Wildman–Crippen LogP) is 4.87. The molecule has 0 aliphatic carbocycles. The van der Waals surface area contributed by atoms with E-state index in [0.29, 0.717) is 37.8 Å². The number of nitrogens with zero attached hydrogens (tertiary/aromatic N) is 1. The molecule has 0 saturated carbocycles. The highest BCUT2D eigenvalue weighted by atomic mass is 35.5. The highest BCUT2D eigenvalue weighted by molar-refractivity contribution is 7.22. The molecule has 0 fully saturated rings. The Morgan fingerprint density at radius 2 is 1.96 bits per heavy atom. The summed E-state index contributed by atoms with van der Waals surface area (Å²) < 4.78 is 11.2. The third kappa shape index (κ3) is 3.13. The van der Waals surface area contributed by atoms with Gasteiger partial charge in [-0.25, -0.2) is 4.98 Å². The number of amides is 1. The number of thiazole rings is 1. The molecule has 3 rings (SSSR count). The minimum atomic E-state index is -0.337. The molecule has 0 bridgehead atoms. The van der Waals surface area contributed by atoms with Crippen molar-refractivity contribution in [1.82, 2.24) is 4.98 Å². The van der Waals surface area contributed by atoms with E-state index in [1.807, 2.05) is 6.07 Å². The normalized spacial score (nSPS) is 10.7. The standard InChI is InChI=1S/C16H12Cl2N2O3S/c1-22-8-3-4-9(11(7-8)23-2)15(21)20-16-19-14-12(24-16)6-5-10(17)13(14)18/h3-7H,1-2H3,(H,19,20,21). The Hall–Kier alpha value is -2.02. The number of rotatable bonds is 4. The molecule has 5 nitrogen and oxygen atoms in total. The van der Waals surface area contributed by atoms with Crippen LogP contribution in [0.3, 0.4) is 0 Å². The average molecular weight is 383 g/mol. The van der Waals surface area contributed by atoms with Crippen LogP contribution in [0.25, 0.3) is 10.2 Å². The van der Waals surface area contributed by atoms with E-state index in [9.17, 15) is 4.79 Å². The van der Waals surface area contributed by atoms with Crippen molar-refractivity contribution in [3.05, 3.63) is 45.9 Å². The highest BCUT2D eigenvalue weighted by Gasteiger charge is 2.16. The van der Waals surface area contributed by atoms with Crippen LogP contribution < -0.4 is 14.8 Å². The summed E-state index contributed by atoms with van der Waals surface area (Å²) in [5.74, 6) is 0.676. The second kappa shape index (κ2) is 6.84. The zero-order chi connectivity index (χ0) is 17.3. The van der Waals surface area contributed by atoms with Gasteiger partial charge in [-0.05, 0) is 24.3 Å². The van der Waals surface area contributed by atoms with Gasteiger partial charge in [-0.1, -0.05) is 34.5 Å². The van der Waals surface area contributed by atoms with Crippen molar-refractivity contribution in [2.75, 3.05) is 19.5 Å². The van der Waals surface area contributed by atoms with Gasteiger partial charge in [-0.2, -0.15) is 0 Å². The van der Waals surface area contributed by atoms with Crippen LogP contribution in [0.15, 0.2) is 30.3 Å². The van der Waals surface area contributed by atoms with Gasteiger partial charge < -0.3 is 9.47 Å². The van der Waals surface area contributed by atoms with Crippen molar-refractivity contribution in [2.24, 2.45) is 0 Å². The average Bonchev–Trinajstić information content (AvgIpc) is 3.00. The van der Waals surface area contributed by atoms with Crippen LogP contribution in [0.4, 0.5) is 5.13 Å². The van der Waals surface area contributed by atoms with Gasteiger partial charge in [0, 0.05) is 6.07 Å². The second-order valence-corrected chi connectivity index (χ2v) is 6.56. The number of hydrogen-bond donors (Lipinski definition) is 1. The maximum absolute atomic E-state index is 12.5. The third-order valence-corrected chi connectivity index (χ3v) is 5.06. The van der Waals surface area contributed by atoms with Crippen molar-refractivity contribution in [3.63, 3.8) is 0 Å². The number of nitrogens with one attached hydrogen (secondary N) is 1. The lowest BCUT2D eigenvalue weighted by molar-refractivity contribution is 0.102. The van der Waals surface area contributed by atoms with Crippen LogP contribution in [0.2, 0.25) is 10.0 Å². The molecule has 3 aromatic rings. The number of carbonyl (C=O) groups excluding carboxylic acids is 1. The zero-order valence-corrected chi connectivity index (χ0v) is 15.1. The van der Waals surface area contributed by atoms with Crippen LogP contribution in [0, 0.1) is 0 Å². The van der Waals surface area contributed by atoms with Gasteiger partial charge in [0.15, 0.2) is 5.13 Å². The minimum Gasteiger partial charge on any atom is -0.497 e. The Labute approximate surface area is 152 Å². The Bertz CT molecular complexity index is 927. The number of fused-ring (bicyclic) bond motifs is 1. The van der Waals surface area contributed by atoms with E-state index in [2.05, 4.69) is 10.3 Å². The fourth-order valence-corrected chi connectivity index (χ4v) is 3.43. The van der Waals surface area contributed by atoms with Crippen molar-refractivity contribution >= 4 is 55.8 Å². The molecule has 1 heterocycles. The molecular weight excluding hydrogens is 371 g/mol. The molecule has 0 aliphatic rings. The lowest BCUT2D eigenvalue weighted by Gasteiger charge is -2.09. The lowest BCUT2D eigenvalue weighted by Crippen LogP contribution is -2.13. The summed E-state index contributed by atoms with van der Waals surface area (Å²) in [4.78, 5) is 16.8. The van der Waals surface area contributed by atoms with Gasteiger partial charge in [0.2, 0.25) is 0 Å². The fraction of sp³-hybridized carbons (Fsp3) is 0.125. The smallest absolute Gasteiger partial charge is 0.261 e. The van der Waals surface area contributed by atoms with Crippen LogP contribution in [0.5, 0.6) is 11.5 Å². The highest BCUT2D eigenvalue weighted by Crippen LogP contribution is 2.35. The van der Waals surface area contributed by atoms with E-state index in [4.69, 9.17) is 32.7 Å². The quantitative estimate of drug-likeness (QED) is 0.698. The summed E-state index contributed by atoms with van der Waals surface area (Å²) in [5.41, 5.74) is 0.938. The summed E-state index contributed by atoms with van der Waals surface area (Å²) in [6, 6.07) is 8.47. The molecule has 124 valence electrons. The van der Waals surface area contributed by atoms with E-state index < -0.39 is 0 Å². The Morgan fingerprint density at radius 1 is 1.17 bits per heavy atom.